The predicted octanol–water partition coefficient (Wildman–Crippen LogP) is 2.85. The molecule has 5 heteroatoms. The van der Waals surface area contributed by atoms with E-state index in [1.165, 1.54) is 0 Å². The van der Waals surface area contributed by atoms with Gasteiger partial charge in [-0.1, -0.05) is 6.92 Å². The SMILES string of the molecule is CCC(N)Cc1nc(-c2csc(C)n2)cs1. The average molecular weight is 253 g/mol. The zero-order valence-electron chi connectivity index (χ0n) is 9.43. The molecule has 2 N–H and O–H groups in total. The molecule has 0 aliphatic carbocycles. The summed E-state index contributed by atoms with van der Waals surface area (Å²) >= 11 is 3.33. The van der Waals surface area contributed by atoms with E-state index in [-0.39, 0.29) is 6.04 Å². The molecule has 16 heavy (non-hydrogen) atoms. The summed E-state index contributed by atoms with van der Waals surface area (Å²) in [4.78, 5) is 8.99. The summed E-state index contributed by atoms with van der Waals surface area (Å²) in [6.07, 6.45) is 1.86. The zero-order chi connectivity index (χ0) is 11.5. The number of rotatable bonds is 4. The summed E-state index contributed by atoms with van der Waals surface area (Å²) < 4.78 is 0. The first-order valence-corrected chi connectivity index (χ1v) is 7.07. The van der Waals surface area contributed by atoms with Crippen molar-refractivity contribution in [1.82, 2.24) is 9.97 Å². The van der Waals surface area contributed by atoms with Gasteiger partial charge in [-0.25, -0.2) is 9.97 Å². The zero-order valence-corrected chi connectivity index (χ0v) is 11.1. The molecule has 2 heterocycles. The molecule has 0 saturated heterocycles. The Balaban J connectivity index is 2.13. The lowest BCUT2D eigenvalue weighted by Crippen LogP contribution is -2.21. The molecule has 0 aliphatic heterocycles. The van der Waals surface area contributed by atoms with Crippen molar-refractivity contribution in [3.63, 3.8) is 0 Å². The van der Waals surface area contributed by atoms with Gasteiger partial charge in [-0.2, -0.15) is 0 Å². The Labute approximate surface area is 103 Å². The van der Waals surface area contributed by atoms with Gasteiger partial charge in [0.05, 0.1) is 10.0 Å². The van der Waals surface area contributed by atoms with Crippen LogP contribution in [0, 0.1) is 6.92 Å². The van der Waals surface area contributed by atoms with Crippen molar-refractivity contribution in [2.24, 2.45) is 5.73 Å². The number of aromatic nitrogens is 2. The molecule has 0 spiro atoms. The molecule has 0 amide bonds. The van der Waals surface area contributed by atoms with Crippen LogP contribution in [0.1, 0.15) is 23.4 Å². The van der Waals surface area contributed by atoms with Crippen molar-refractivity contribution < 1.29 is 0 Å². The monoisotopic (exact) mass is 253 g/mol. The molecule has 0 aliphatic rings. The lowest BCUT2D eigenvalue weighted by atomic mass is 10.2. The Kier molecular flexibility index (Phi) is 3.68. The van der Waals surface area contributed by atoms with Crippen LogP contribution in [0.3, 0.4) is 0 Å². The van der Waals surface area contributed by atoms with Crippen molar-refractivity contribution in [3.8, 4) is 11.4 Å². The third kappa shape index (κ3) is 2.66. The number of hydrogen-bond donors (Lipinski definition) is 1. The Hall–Kier alpha value is -0.780. The Morgan fingerprint density at radius 3 is 2.56 bits per heavy atom. The van der Waals surface area contributed by atoms with Gasteiger partial charge in [0, 0.05) is 23.2 Å². The van der Waals surface area contributed by atoms with E-state index in [0.29, 0.717) is 0 Å². The highest BCUT2D eigenvalue weighted by Crippen LogP contribution is 2.23. The molecule has 0 radical (unpaired) electrons. The second-order valence-electron chi connectivity index (χ2n) is 3.75. The minimum atomic E-state index is 0.219. The lowest BCUT2D eigenvalue weighted by molar-refractivity contribution is 0.644. The summed E-state index contributed by atoms with van der Waals surface area (Å²) in [5.41, 5.74) is 7.87. The van der Waals surface area contributed by atoms with E-state index in [4.69, 9.17) is 5.73 Å². The smallest absolute Gasteiger partial charge is 0.101 e. The van der Waals surface area contributed by atoms with Crippen LogP contribution in [0.4, 0.5) is 0 Å². The Morgan fingerprint density at radius 2 is 1.94 bits per heavy atom. The third-order valence-electron chi connectivity index (χ3n) is 2.39. The molecule has 0 saturated carbocycles. The number of nitrogens with zero attached hydrogens (tertiary/aromatic N) is 2. The van der Waals surface area contributed by atoms with Gasteiger partial charge in [0.2, 0.25) is 0 Å². The highest BCUT2D eigenvalue weighted by Gasteiger charge is 2.09. The molecule has 1 atom stereocenters. The van der Waals surface area contributed by atoms with Gasteiger partial charge in [0.15, 0.2) is 0 Å². The largest absolute Gasteiger partial charge is 0.327 e. The van der Waals surface area contributed by atoms with Crippen LogP contribution in [0.15, 0.2) is 10.8 Å². The van der Waals surface area contributed by atoms with Crippen molar-refractivity contribution in [3.05, 3.63) is 20.8 Å². The van der Waals surface area contributed by atoms with Crippen LogP contribution >= 0.6 is 22.7 Å². The van der Waals surface area contributed by atoms with Gasteiger partial charge in [0.25, 0.3) is 0 Å². The standard InChI is InChI=1S/C11H15N3S2/c1-3-8(12)4-11-14-10(6-16-11)9-5-15-7(2)13-9/h5-6,8H,3-4,12H2,1-2H3. The van der Waals surface area contributed by atoms with E-state index >= 15 is 0 Å². The topological polar surface area (TPSA) is 51.8 Å². The van der Waals surface area contributed by atoms with Gasteiger partial charge in [-0.05, 0) is 13.3 Å². The van der Waals surface area contributed by atoms with Gasteiger partial charge >= 0.3 is 0 Å². The van der Waals surface area contributed by atoms with Gasteiger partial charge in [-0.15, -0.1) is 22.7 Å². The van der Waals surface area contributed by atoms with Crippen LogP contribution in [0.5, 0.6) is 0 Å². The van der Waals surface area contributed by atoms with Crippen molar-refractivity contribution in [2.75, 3.05) is 0 Å². The first-order valence-electron chi connectivity index (χ1n) is 5.31. The summed E-state index contributed by atoms with van der Waals surface area (Å²) in [5.74, 6) is 0. The maximum atomic E-state index is 5.91. The van der Waals surface area contributed by atoms with Gasteiger partial charge in [0.1, 0.15) is 11.4 Å². The quantitative estimate of drug-likeness (QED) is 0.911. The van der Waals surface area contributed by atoms with Crippen molar-refractivity contribution >= 4 is 22.7 Å². The third-order valence-corrected chi connectivity index (χ3v) is 4.04. The molecular formula is C11H15N3S2. The number of hydrogen-bond acceptors (Lipinski definition) is 5. The van der Waals surface area contributed by atoms with Crippen molar-refractivity contribution in [2.45, 2.75) is 32.7 Å². The molecule has 2 rings (SSSR count). The Morgan fingerprint density at radius 1 is 1.25 bits per heavy atom. The first-order chi connectivity index (χ1) is 7.69. The highest BCUT2D eigenvalue weighted by atomic mass is 32.1. The molecule has 2 aromatic rings. The summed E-state index contributed by atoms with van der Waals surface area (Å²) in [7, 11) is 0. The molecule has 0 aromatic carbocycles. The van der Waals surface area contributed by atoms with E-state index in [0.717, 1.165) is 34.2 Å². The van der Waals surface area contributed by atoms with E-state index in [9.17, 15) is 0 Å². The molecule has 0 bridgehead atoms. The van der Waals surface area contributed by atoms with E-state index in [2.05, 4.69) is 22.3 Å². The molecule has 3 nitrogen and oxygen atoms in total. The normalized spacial score (nSPS) is 12.9. The maximum absolute atomic E-state index is 5.91. The second-order valence-corrected chi connectivity index (χ2v) is 5.76. The fourth-order valence-corrected chi connectivity index (χ4v) is 2.86. The number of nitrogens with two attached hydrogens (primary N) is 1. The van der Waals surface area contributed by atoms with Gasteiger partial charge in [-0.3, -0.25) is 0 Å². The fraction of sp³-hybridized carbons (Fsp3) is 0.455. The summed E-state index contributed by atoms with van der Waals surface area (Å²) in [6, 6.07) is 0.219. The average Bonchev–Trinajstić information content (AvgIpc) is 2.87. The maximum Gasteiger partial charge on any atom is 0.101 e. The Bertz CT molecular complexity index is 461. The minimum Gasteiger partial charge on any atom is -0.327 e. The fourth-order valence-electron chi connectivity index (χ4n) is 1.37. The van der Waals surface area contributed by atoms with E-state index in [1.54, 1.807) is 22.7 Å². The first kappa shape index (κ1) is 11.7. The molecule has 2 aromatic heterocycles. The van der Waals surface area contributed by atoms with Crippen LogP contribution in [-0.4, -0.2) is 16.0 Å². The van der Waals surface area contributed by atoms with Crippen LogP contribution < -0.4 is 5.73 Å². The highest BCUT2D eigenvalue weighted by molar-refractivity contribution is 7.10. The summed E-state index contributed by atoms with van der Waals surface area (Å²) in [5, 5.41) is 6.30. The second kappa shape index (κ2) is 5.03. The van der Waals surface area contributed by atoms with Crippen LogP contribution in [0.25, 0.3) is 11.4 Å². The molecule has 1 unspecified atom stereocenters. The van der Waals surface area contributed by atoms with Gasteiger partial charge < -0.3 is 5.73 Å². The number of thiazole rings is 2. The molecular weight excluding hydrogens is 238 g/mol. The van der Waals surface area contributed by atoms with Crippen molar-refractivity contribution in [1.29, 1.82) is 0 Å². The van der Waals surface area contributed by atoms with E-state index in [1.807, 2.05) is 12.3 Å². The summed E-state index contributed by atoms with van der Waals surface area (Å²) in [6.45, 7) is 4.11. The minimum absolute atomic E-state index is 0.219. The lowest BCUT2D eigenvalue weighted by Gasteiger charge is -2.04. The van der Waals surface area contributed by atoms with Crippen LogP contribution in [0.2, 0.25) is 0 Å². The van der Waals surface area contributed by atoms with E-state index < -0.39 is 0 Å². The predicted molar refractivity (Wildman–Crippen MR) is 69.9 cm³/mol. The molecule has 0 fully saturated rings. The number of aryl methyl sites for hydroxylation is 1. The van der Waals surface area contributed by atoms with Crippen LogP contribution in [-0.2, 0) is 6.42 Å². The molecule has 86 valence electrons.